The Kier molecular flexibility index (Phi) is 4.77. The molecule has 2 aromatic rings. The van der Waals surface area contributed by atoms with Crippen molar-refractivity contribution >= 4 is 17.8 Å². The highest BCUT2D eigenvalue weighted by atomic mass is 16.4. The first-order valence-electron chi connectivity index (χ1n) is 6.89. The van der Waals surface area contributed by atoms with E-state index in [9.17, 15) is 9.59 Å². The van der Waals surface area contributed by atoms with Crippen molar-refractivity contribution in [3.8, 4) is 0 Å². The molecule has 7 nitrogen and oxygen atoms in total. The van der Waals surface area contributed by atoms with Crippen LogP contribution in [0.25, 0.3) is 0 Å². The number of aromatic carboxylic acids is 1. The van der Waals surface area contributed by atoms with E-state index in [0.717, 1.165) is 12.1 Å². The van der Waals surface area contributed by atoms with Crippen LogP contribution in [0.2, 0.25) is 0 Å². The molecule has 7 heteroatoms. The van der Waals surface area contributed by atoms with Crippen molar-refractivity contribution in [2.45, 2.75) is 19.9 Å². The Hall–Kier alpha value is -2.83. The number of benzene rings is 1. The molecule has 1 aromatic heterocycles. The highest BCUT2D eigenvalue weighted by Crippen LogP contribution is 2.09. The lowest BCUT2D eigenvalue weighted by Crippen LogP contribution is -2.28. The van der Waals surface area contributed by atoms with Gasteiger partial charge in [-0.2, -0.15) is 5.10 Å². The second kappa shape index (κ2) is 6.75. The Balaban J connectivity index is 1.92. The molecule has 1 heterocycles. The van der Waals surface area contributed by atoms with Gasteiger partial charge in [0.25, 0.3) is 0 Å². The van der Waals surface area contributed by atoms with Gasteiger partial charge in [0.1, 0.15) is 0 Å². The maximum Gasteiger partial charge on any atom is 0.335 e. The highest BCUT2D eigenvalue weighted by Gasteiger charge is 2.08. The molecule has 0 bridgehead atoms. The van der Waals surface area contributed by atoms with E-state index in [1.54, 1.807) is 16.8 Å². The molecule has 2 amide bonds. The maximum atomic E-state index is 11.8. The Morgan fingerprint density at radius 1 is 1.32 bits per heavy atom. The molecule has 0 saturated carbocycles. The van der Waals surface area contributed by atoms with Gasteiger partial charge in [-0.05, 0) is 24.1 Å². The van der Waals surface area contributed by atoms with Gasteiger partial charge in [-0.25, -0.2) is 9.59 Å². The molecule has 0 atom stereocenters. The monoisotopic (exact) mass is 302 g/mol. The molecular weight excluding hydrogens is 284 g/mol. The molecule has 1 aromatic carbocycles. The van der Waals surface area contributed by atoms with Crippen LogP contribution < -0.4 is 10.6 Å². The molecule has 0 unspecified atom stereocenters. The fraction of sp³-hybridized carbons (Fsp3) is 0.267. The quantitative estimate of drug-likeness (QED) is 0.787. The molecule has 2 rings (SSSR count). The van der Waals surface area contributed by atoms with Crippen LogP contribution in [0.3, 0.4) is 0 Å². The van der Waals surface area contributed by atoms with Crippen molar-refractivity contribution in [2.24, 2.45) is 7.05 Å². The number of aromatic nitrogens is 2. The van der Waals surface area contributed by atoms with E-state index >= 15 is 0 Å². The number of aryl methyl sites for hydroxylation is 2. The van der Waals surface area contributed by atoms with Crippen molar-refractivity contribution in [1.82, 2.24) is 15.1 Å². The Labute approximate surface area is 128 Å². The third-order valence-corrected chi connectivity index (χ3v) is 3.21. The number of carbonyl (C=O) groups is 2. The fourth-order valence-electron chi connectivity index (χ4n) is 2.06. The summed E-state index contributed by atoms with van der Waals surface area (Å²) in [7, 11) is 1.82. The number of nitrogens with one attached hydrogen (secondary N) is 2. The molecule has 0 aliphatic carbocycles. The van der Waals surface area contributed by atoms with Crippen LogP contribution in [0.4, 0.5) is 10.6 Å². The number of hydrogen-bond donors (Lipinski definition) is 3. The van der Waals surface area contributed by atoms with Gasteiger partial charge in [-0.15, -0.1) is 0 Å². The van der Waals surface area contributed by atoms with E-state index in [1.807, 2.05) is 20.0 Å². The van der Waals surface area contributed by atoms with Gasteiger partial charge in [0, 0.05) is 25.4 Å². The molecule has 0 radical (unpaired) electrons. The number of anilines is 1. The number of carboxylic acid groups (broad SMARTS) is 1. The van der Waals surface area contributed by atoms with Crippen molar-refractivity contribution < 1.29 is 14.7 Å². The van der Waals surface area contributed by atoms with Crippen molar-refractivity contribution in [1.29, 1.82) is 0 Å². The molecular formula is C15H18N4O3. The van der Waals surface area contributed by atoms with Gasteiger partial charge in [0.15, 0.2) is 5.82 Å². The zero-order valence-electron chi connectivity index (χ0n) is 12.5. The predicted octanol–water partition coefficient (Wildman–Crippen LogP) is 2.00. The molecule has 22 heavy (non-hydrogen) atoms. The van der Waals surface area contributed by atoms with Crippen LogP contribution in [-0.2, 0) is 20.0 Å². The van der Waals surface area contributed by atoms with Crippen LogP contribution in [0.15, 0.2) is 30.3 Å². The highest BCUT2D eigenvalue weighted by molar-refractivity contribution is 5.89. The first kappa shape index (κ1) is 15.6. The van der Waals surface area contributed by atoms with Crippen molar-refractivity contribution in [3.63, 3.8) is 0 Å². The van der Waals surface area contributed by atoms with Gasteiger partial charge in [0.2, 0.25) is 0 Å². The number of amides is 2. The van der Waals surface area contributed by atoms with Gasteiger partial charge < -0.3 is 10.4 Å². The summed E-state index contributed by atoms with van der Waals surface area (Å²) in [6.07, 6.45) is 0.828. The van der Waals surface area contributed by atoms with E-state index < -0.39 is 5.97 Å². The summed E-state index contributed by atoms with van der Waals surface area (Å²) in [5, 5.41) is 18.4. The zero-order valence-corrected chi connectivity index (χ0v) is 12.5. The smallest absolute Gasteiger partial charge is 0.335 e. The lowest BCUT2D eigenvalue weighted by molar-refractivity contribution is 0.0696. The summed E-state index contributed by atoms with van der Waals surface area (Å²) in [5.74, 6) is -0.511. The normalized spacial score (nSPS) is 10.3. The van der Waals surface area contributed by atoms with Gasteiger partial charge in [-0.3, -0.25) is 10.00 Å². The Morgan fingerprint density at radius 2 is 2.09 bits per heavy atom. The van der Waals surface area contributed by atoms with Crippen molar-refractivity contribution in [2.75, 3.05) is 5.32 Å². The number of carboxylic acids is 1. The maximum absolute atomic E-state index is 11.8. The number of rotatable bonds is 5. The third kappa shape index (κ3) is 3.85. The SMILES string of the molecule is CCc1cc(NC(=O)NCc2cccc(C(=O)O)c2)nn1C. The summed E-state index contributed by atoms with van der Waals surface area (Å²) in [6.45, 7) is 2.25. The summed E-state index contributed by atoms with van der Waals surface area (Å²) in [4.78, 5) is 22.7. The molecule has 116 valence electrons. The predicted molar refractivity (Wildman–Crippen MR) is 81.8 cm³/mol. The Morgan fingerprint density at radius 3 is 2.73 bits per heavy atom. The van der Waals surface area contributed by atoms with E-state index in [4.69, 9.17) is 5.11 Å². The van der Waals surface area contributed by atoms with Gasteiger partial charge in [0.05, 0.1) is 5.56 Å². The van der Waals surface area contributed by atoms with Crippen LogP contribution >= 0.6 is 0 Å². The minimum Gasteiger partial charge on any atom is -0.478 e. The standard InChI is InChI=1S/C15H18N4O3/c1-3-12-8-13(18-19(12)2)17-15(22)16-9-10-5-4-6-11(7-10)14(20)21/h4-8H,3,9H2,1-2H3,(H,20,21)(H2,16,17,18,22). The van der Waals surface area contributed by atoms with Crippen LogP contribution in [-0.4, -0.2) is 26.9 Å². The van der Waals surface area contributed by atoms with Crippen LogP contribution in [0.5, 0.6) is 0 Å². The van der Waals surface area contributed by atoms with E-state index in [2.05, 4.69) is 15.7 Å². The first-order valence-corrected chi connectivity index (χ1v) is 6.89. The molecule has 3 N–H and O–H groups in total. The largest absolute Gasteiger partial charge is 0.478 e. The molecule has 0 spiro atoms. The van der Waals surface area contributed by atoms with E-state index in [1.165, 1.54) is 12.1 Å². The molecule has 0 fully saturated rings. The van der Waals surface area contributed by atoms with Gasteiger partial charge >= 0.3 is 12.0 Å². The average Bonchev–Trinajstić information content (AvgIpc) is 2.85. The Bertz CT molecular complexity index is 694. The summed E-state index contributed by atoms with van der Waals surface area (Å²) in [6, 6.07) is 7.85. The third-order valence-electron chi connectivity index (χ3n) is 3.21. The average molecular weight is 302 g/mol. The molecule has 0 aliphatic rings. The van der Waals surface area contributed by atoms with Crippen LogP contribution in [0, 0.1) is 0 Å². The summed E-state index contributed by atoms with van der Waals surface area (Å²) in [5.41, 5.74) is 1.92. The lowest BCUT2D eigenvalue weighted by atomic mass is 10.1. The number of carbonyl (C=O) groups excluding carboxylic acids is 1. The summed E-state index contributed by atoms with van der Waals surface area (Å²) < 4.78 is 1.71. The topological polar surface area (TPSA) is 96.2 Å². The van der Waals surface area contributed by atoms with Crippen LogP contribution in [0.1, 0.15) is 28.5 Å². The fourth-order valence-corrected chi connectivity index (χ4v) is 2.06. The molecule has 0 saturated heterocycles. The zero-order chi connectivity index (χ0) is 16.1. The van der Waals surface area contributed by atoms with Gasteiger partial charge in [-0.1, -0.05) is 19.1 Å². The minimum atomic E-state index is -0.994. The molecule has 0 aliphatic heterocycles. The lowest BCUT2D eigenvalue weighted by Gasteiger charge is -2.06. The number of urea groups is 1. The number of nitrogens with zero attached hydrogens (tertiary/aromatic N) is 2. The van der Waals surface area contributed by atoms with E-state index in [0.29, 0.717) is 11.4 Å². The van der Waals surface area contributed by atoms with E-state index in [-0.39, 0.29) is 18.1 Å². The second-order valence-corrected chi connectivity index (χ2v) is 4.81. The number of hydrogen-bond acceptors (Lipinski definition) is 3. The first-order chi connectivity index (χ1) is 10.5. The second-order valence-electron chi connectivity index (χ2n) is 4.81. The summed E-state index contributed by atoms with van der Waals surface area (Å²) >= 11 is 0. The minimum absolute atomic E-state index is 0.192. The van der Waals surface area contributed by atoms with Crippen molar-refractivity contribution in [3.05, 3.63) is 47.2 Å².